The fourth-order valence-electron chi connectivity index (χ4n) is 4.69. The molecule has 0 unspecified atom stereocenters. The third kappa shape index (κ3) is 4.58. The fourth-order valence-corrected chi connectivity index (χ4v) is 4.69. The molecule has 11 heteroatoms. The number of esters is 1. The van der Waals surface area contributed by atoms with Crippen molar-refractivity contribution < 1.29 is 54.4 Å². The lowest BCUT2D eigenvalue weighted by atomic mass is 9.85. The van der Waals surface area contributed by atoms with E-state index in [0.717, 1.165) is 0 Å². The maximum atomic E-state index is 12.6. The molecule has 1 saturated heterocycles. The summed E-state index contributed by atoms with van der Waals surface area (Å²) in [6, 6.07) is 5.58. The summed E-state index contributed by atoms with van der Waals surface area (Å²) in [5.74, 6) is -1.84. The summed E-state index contributed by atoms with van der Waals surface area (Å²) in [7, 11) is 0. The van der Waals surface area contributed by atoms with Gasteiger partial charge in [0.1, 0.15) is 36.3 Å². The van der Waals surface area contributed by atoms with E-state index in [9.17, 15) is 35.4 Å². The third-order valence-corrected chi connectivity index (χ3v) is 6.46. The predicted octanol–water partition coefficient (Wildman–Crippen LogP) is -1.01. The summed E-state index contributed by atoms with van der Waals surface area (Å²) < 4.78 is 22.3. The van der Waals surface area contributed by atoms with Crippen molar-refractivity contribution in [3.8, 4) is 5.75 Å². The SMILES string of the molecule is C[C@]1(O)C[C@@H](OC(=O)c2ccc(O)cc2)[C@@H]2C=CO[C@@H](O[C@@H]3O[C@H](CO)[C@@H](O)[C@H](O)[C@H]3O)[C@@H]21. The summed E-state index contributed by atoms with van der Waals surface area (Å²) in [4.78, 5) is 12.6. The molecule has 2 heterocycles. The minimum absolute atomic E-state index is 0.0101. The van der Waals surface area contributed by atoms with E-state index in [1.807, 2.05) is 0 Å². The molecule has 0 aromatic heterocycles. The number of aliphatic hydroxyl groups is 5. The van der Waals surface area contributed by atoms with Crippen molar-refractivity contribution in [2.45, 2.75) is 62.0 Å². The van der Waals surface area contributed by atoms with E-state index in [1.165, 1.54) is 30.5 Å². The molecular formula is C22H28O11. The summed E-state index contributed by atoms with van der Waals surface area (Å²) in [5.41, 5.74) is -1.16. The van der Waals surface area contributed by atoms with Crippen LogP contribution in [0.3, 0.4) is 0 Å². The fraction of sp³-hybridized carbons (Fsp3) is 0.591. The van der Waals surface area contributed by atoms with Gasteiger partial charge in [0.05, 0.1) is 30.0 Å². The van der Waals surface area contributed by atoms with Crippen LogP contribution in [0.2, 0.25) is 0 Å². The Morgan fingerprint density at radius 2 is 1.82 bits per heavy atom. The molecule has 0 radical (unpaired) electrons. The number of aromatic hydroxyl groups is 1. The smallest absolute Gasteiger partial charge is 0.338 e. The molecule has 1 saturated carbocycles. The van der Waals surface area contributed by atoms with Crippen molar-refractivity contribution in [2.24, 2.45) is 11.8 Å². The highest BCUT2D eigenvalue weighted by Gasteiger charge is 2.58. The van der Waals surface area contributed by atoms with Gasteiger partial charge in [-0.15, -0.1) is 0 Å². The van der Waals surface area contributed by atoms with Crippen molar-refractivity contribution in [3.05, 3.63) is 42.2 Å². The monoisotopic (exact) mass is 468 g/mol. The number of phenols is 1. The molecule has 6 N–H and O–H groups in total. The van der Waals surface area contributed by atoms with E-state index in [1.54, 1.807) is 13.0 Å². The van der Waals surface area contributed by atoms with E-state index in [2.05, 4.69) is 0 Å². The molecule has 3 aliphatic rings. The van der Waals surface area contributed by atoms with E-state index >= 15 is 0 Å². The van der Waals surface area contributed by atoms with Crippen LogP contribution in [0.15, 0.2) is 36.6 Å². The molecular weight excluding hydrogens is 440 g/mol. The highest BCUT2D eigenvalue weighted by Crippen LogP contribution is 2.48. The lowest BCUT2D eigenvalue weighted by molar-refractivity contribution is -0.346. The van der Waals surface area contributed by atoms with Gasteiger partial charge in [-0.3, -0.25) is 0 Å². The Kier molecular flexibility index (Phi) is 6.65. The highest BCUT2D eigenvalue weighted by atomic mass is 16.8. The number of hydrogen-bond donors (Lipinski definition) is 6. The number of ether oxygens (including phenoxy) is 4. The van der Waals surface area contributed by atoms with Gasteiger partial charge in [0, 0.05) is 12.3 Å². The van der Waals surface area contributed by atoms with Crippen LogP contribution < -0.4 is 0 Å². The molecule has 33 heavy (non-hydrogen) atoms. The first-order valence-corrected chi connectivity index (χ1v) is 10.6. The van der Waals surface area contributed by atoms with Crippen molar-refractivity contribution in [1.82, 2.24) is 0 Å². The van der Waals surface area contributed by atoms with Crippen LogP contribution in [-0.2, 0) is 18.9 Å². The van der Waals surface area contributed by atoms with Gasteiger partial charge in [-0.05, 0) is 37.3 Å². The van der Waals surface area contributed by atoms with Gasteiger partial charge in [-0.1, -0.05) is 0 Å². The molecule has 182 valence electrons. The molecule has 0 spiro atoms. The normalized spacial score (nSPS) is 42.4. The average Bonchev–Trinajstić information content (AvgIpc) is 3.05. The van der Waals surface area contributed by atoms with Crippen LogP contribution in [-0.4, -0.2) is 91.9 Å². The van der Waals surface area contributed by atoms with Crippen LogP contribution in [0.25, 0.3) is 0 Å². The molecule has 4 rings (SSSR count). The van der Waals surface area contributed by atoms with Gasteiger partial charge in [-0.2, -0.15) is 0 Å². The summed E-state index contributed by atoms with van der Waals surface area (Å²) in [6.45, 7) is 0.931. The first kappa shape index (κ1) is 23.9. The maximum absolute atomic E-state index is 12.6. The standard InChI is InChI=1S/C22H28O11/c1-22(29)8-13(31-19(28)10-2-4-11(24)5-3-10)12-6-7-30-20(15(12)22)33-21-18(27)17(26)16(25)14(9-23)32-21/h2-7,12-18,20-21,23-27,29H,8-9H2,1H3/t12-,13+,14+,15+,16+,17-,18+,20-,21-,22-/m0/s1. The second kappa shape index (κ2) is 9.18. The topological polar surface area (TPSA) is 175 Å². The van der Waals surface area contributed by atoms with Gasteiger partial charge in [0.2, 0.25) is 6.29 Å². The van der Waals surface area contributed by atoms with Gasteiger partial charge in [-0.25, -0.2) is 4.79 Å². The second-order valence-corrected chi connectivity index (χ2v) is 8.82. The minimum Gasteiger partial charge on any atom is -0.508 e. The lowest BCUT2D eigenvalue weighted by Gasteiger charge is -2.43. The number of carbonyl (C=O) groups excluding carboxylic acids is 1. The molecule has 0 bridgehead atoms. The van der Waals surface area contributed by atoms with E-state index in [4.69, 9.17) is 18.9 Å². The van der Waals surface area contributed by atoms with Crippen LogP contribution in [0.5, 0.6) is 5.75 Å². The Morgan fingerprint density at radius 1 is 1.12 bits per heavy atom. The van der Waals surface area contributed by atoms with Gasteiger partial charge >= 0.3 is 5.97 Å². The van der Waals surface area contributed by atoms with Crippen molar-refractivity contribution in [3.63, 3.8) is 0 Å². The first-order chi connectivity index (χ1) is 15.6. The van der Waals surface area contributed by atoms with Crippen LogP contribution in [0.4, 0.5) is 0 Å². The molecule has 0 amide bonds. The van der Waals surface area contributed by atoms with E-state index < -0.39 is 73.1 Å². The summed E-state index contributed by atoms with van der Waals surface area (Å²) >= 11 is 0. The molecule has 11 nitrogen and oxygen atoms in total. The predicted molar refractivity (Wildman–Crippen MR) is 108 cm³/mol. The Balaban J connectivity index is 1.49. The summed E-state index contributed by atoms with van der Waals surface area (Å²) in [5, 5.41) is 60.1. The van der Waals surface area contributed by atoms with Crippen molar-refractivity contribution in [1.29, 1.82) is 0 Å². The lowest BCUT2D eigenvalue weighted by Crippen LogP contribution is -2.60. The van der Waals surface area contributed by atoms with Crippen LogP contribution in [0.1, 0.15) is 23.7 Å². The van der Waals surface area contributed by atoms with E-state index in [0.29, 0.717) is 0 Å². The zero-order valence-corrected chi connectivity index (χ0v) is 17.8. The Labute approximate surface area is 189 Å². The Hall–Kier alpha value is -2.25. The number of rotatable bonds is 5. The second-order valence-electron chi connectivity index (χ2n) is 8.82. The molecule has 2 fully saturated rings. The van der Waals surface area contributed by atoms with Crippen LogP contribution in [0, 0.1) is 11.8 Å². The third-order valence-electron chi connectivity index (χ3n) is 6.46. The highest BCUT2D eigenvalue weighted by molar-refractivity contribution is 5.89. The maximum Gasteiger partial charge on any atom is 0.338 e. The number of carbonyl (C=O) groups is 1. The molecule has 1 aliphatic carbocycles. The molecule has 2 aliphatic heterocycles. The van der Waals surface area contributed by atoms with Gasteiger partial charge < -0.3 is 49.6 Å². The average molecular weight is 468 g/mol. The van der Waals surface area contributed by atoms with Crippen molar-refractivity contribution >= 4 is 5.97 Å². The van der Waals surface area contributed by atoms with Crippen molar-refractivity contribution in [2.75, 3.05) is 6.61 Å². The zero-order valence-electron chi connectivity index (χ0n) is 17.8. The van der Waals surface area contributed by atoms with E-state index in [-0.39, 0.29) is 17.7 Å². The number of phenolic OH excluding ortho intramolecular Hbond substituents is 1. The number of benzene rings is 1. The summed E-state index contributed by atoms with van der Waals surface area (Å²) in [6.07, 6.45) is -6.21. The molecule has 10 atom stereocenters. The van der Waals surface area contributed by atoms with Crippen LogP contribution >= 0.6 is 0 Å². The quantitative estimate of drug-likeness (QED) is 0.292. The largest absolute Gasteiger partial charge is 0.508 e. The van der Waals surface area contributed by atoms with Gasteiger partial charge in [0.15, 0.2) is 6.29 Å². The Bertz CT molecular complexity index is 868. The molecule has 1 aromatic rings. The first-order valence-electron chi connectivity index (χ1n) is 10.6. The number of hydrogen-bond acceptors (Lipinski definition) is 11. The molecule has 1 aromatic carbocycles. The number of fused-ring (bicyclic) bond motifs is 1. The number of aliphatic hydroxyl groups excluding tert-OH is 4. The minimum atomic E-state index is -1.63. The Morgan fingerprint density at radius 3 is 2.48 bits per heavy atom. The van der Waals surface area contributed by atoms with Gasteiger partial charge in [0.25, 0.3) is 0 Å². The zero-order chi connectivity index (χ0) is 23.9.